The van der Waals surface area contributed by atoms with Crippen molar-refractivity contribution in [2.24, 2.45) is 0 Å². The summed E-state index contributed by atoms with van der Waals surface area (Å²) in [5.74, 6) is 0. The van der Waals surface area contributed by atoms with Crippen molar-refractivity contribution in [2.45, 2.75) is 13.5 Å². The van der Waals surface area contributed by atoms with Crippen molar-refractivity contribution in [1.29, 1.82) is 0 Å². The largest absolute Gasteiger partial charge is 0.381 e. The molecule has 3 nitrogen and oxygen atoms in total. The molecule has 1 heterocycles. The Labute approximate surface area is 116 Å². The van der Waals surface area contributed by atoms with Gasteiger partial charge in [0.15, 0.2) is 0 Å². The number of nitrogens with zero attached hydrogens (tertiary/aromatic N) is 1. The van der Waals surface area contributed by atoms with Crippen LogP contribution < -0.4 is 5.32 Å². The molecule has 0 fully saturated rings. The van der Waals surface area contributed by atoms with Crippen molar-refractivity contribution < 1.29 is 0 Å². The van der Waals surface area contributed by atoms with Crippen LogP contribution in [0.1, 0.15) is 11.3 Å². The number of aromatic nitrogens is 2. The van der Waals surface area contributed by atoms with Crippen molar-refractivity contribution in [2.75, 3.05) is 5.32 Å². The lowest BCUT2D eigenvalue weighted by molar-refractivity contribution is 1.07. The maximum atomic E-state index is 5.86. The molecule has 0 atom stereocenters. The molecule has 96 valence electrons. The molecule has 0 aliphatic heterocycles. The summed E-state index contributed by atoms with van der Waals surface area (Å²) < 4.78 is 0. The topological polar surface area (TPSA) is 40.7 Å². The van der Waals surface area contributed by atoms with E-state index >= 15 is 0 Å². The normalized spacial score (nSPS) is 10.8. The third kappa shape index (κ3) is 2.56. The molecule has 0 saturated heterocycles. The number of nitrogens with one attached hydrogen (secondary N) is 2. The van der Waals surface area contributed by atoms with Crippen LogP contribution in [0.4, 0.5) is 5.69 Å². The predicted octanol–water partition coefficient (Wildman–Crippen LogP) is 4.14. The van der Waals surface area contributed by atoms with Crippen LogP contribution >= 0.6 is 11.6 Å². The van der Waals surface area contributed by atoms with Crippen molar-refractivity contribution in [3.8, 4) is 0 Å². The lowest BCUT2D eigenvalue weighted by atomic mass is 10.2. The highest BCUT2D eigenvalue weighted by Gasteiger charge is 2.02. The van der Waals surface area contributed by atoms with Gasteiger partial charge in [-0.15, -0.1) is 0 Å². The molecule has 0 aliphatic rings. The highest BCUT2D eigenvalue weighted by molar-refractivity contribution is 6.30. The summed E-state index contributed by atoms with van der Waals surface area (Å²) in [4.78, 5) is 0. The number of rotatable bonds is 3. The quantitative estimate of drug-likeness (QED) is 0.752. The molecule has 3 rings (SSSR count). The van der Waals surface area contributed by atoms with Gasteiger partial charge in [0, 0.05) is 28.3 Å². The predicted molar refractivity (Wildman–Crippen MR) is 79.6 cm³/mol. The second kappa shape index (κ2) is 4.94. The SMILES string of the molecule is Cc1[nH]nc2cc(NCc3ccc(Cl)cc3)ccc12. The van der Waals surface area contributed by atoms with Gasteiger partial charge in [-0.05, 0) is 42.8 Å². The lowest BCUT2D eigenvalue weighted by Crippen LogP contribution is -1.98. The molecule has 2 aromatic carbocycles. The van der Waals surface area contributed by atoms with Gasteiger partial charge in [-0.1, -0.05) is 23.7 Å². The van der Waals surface area contributed by atoms with E-state index in [2.05, 4.69) is 33.7 Å². The summed E-state index contributed by atoms with van der Waals surface area (Å²) in [5.41, 5.74) is 4.34. The van der Waals surface area contributed by atoms with Gasteiger partial charge in [0.2, 0.25) is 0 Å². The van der Waals surface area contributed by atoms with Gasteiger partial charge < -0.3 is 5.32 Å². The third-order valence-electron chi connectivity index (χ3n) is 3.16. The number of aromatic amines is 1. The Balaban J connectivity index is 1.76. The molecule has 0 amide bonds. The Morgan fingerprint density at radius 3 is 2.74 bits per heavy atom. The molecule has 0 bridgehead atoms. The van der Waals surface area contributed by atoms with Gasteiger partial charge in [-0.25, -0.2) is 0 Å². The zero-order chi connectivity index (χ0) is 13.2. The molecular weight excluding hydrogens is 258 g/mol. The van der Waals surface area contributed by atoms with E-state index in [0.717, 1.165) is 33.9 Å². The van der Waals surface area contributed by atoms with E-state index in [1.54, 1.807) is 0 Å². The van der Waals surface area contributed by atoms with Gasteiger partial charge in [-0.2, -0.15) is 5.10 Å². The zero-order valence-electron chi connectivity index (χ0n) is 10.6. The lowest BCUT2D eigenvalue weighted by Gasteiger charge is -2.06. The second-order valence-electron chi connectivity index (χ2n) is 4.56. The van der Waals surface area contributed by atoms with E-state index in [9.17, 15) is 0 Å². The Morgan fingerprint density at radius 1 is 1.16 bits per heavy atom. The Hall–Kier alpha value is -2.00. The average molecular weight is 272 g/mol. The van der Waals surface area contributed by atoms with Gasteiger partial charge >= 0.3 is 0 Å². The van der Waals surface area contributed by atoms with Crippen LogP contribution in [0.25, 0.3) is 10.9 Å². The van der Waals surface area contributed by atoms with Gasteiger partial charge in [0.25, 0.3) is 0 Å². The standard InChI is InChI=1S/C15H14ClN3/c1-10-14-7-6-13(8-15(14)19-18-10)17-9-11-2-4-12(16)5-3-11/h2-8,17H,9H2,1H3,(H,18,19). The average Bonchev–Trinajstić information content (AvgIpc) is 2.79. The van der Waals surface area contributed by atoms with E-state index in [-0.39, 0.29) is 0 Å². The molecule has 0 saturated carbocycles. The van der Waals surface area contributed by atoms with Crippen LogP contribution in [-0.2, 0) is 6.54 Å². The van der Waals surface area contributed by atoms with Crippen molar-refractivity contribution in [1.82, 2.24) is 10.2 Å². The molecule has 1 aromatic heterocycles. The van der Waals surface area contributed by atoms with E-state index in [1.165, 1.54) is 5.56 Å². The molecule has 0 aliphatic carbocycles. The maximum absolute atomic E-state index is 5.86. The van der Waals surface area contributed by atoms with Gasteiger partial charge in [0.1, 0.15) is 0 Å². The summed E-state index contributed by atoms with van der Waals surface area (Å²) in [7, 11) is 0. The van der Waals surface area contributed by atoms with E-state index in [4.69, 9.17) is 11.6 Å². The van der Waals surface area contributed by atoms with Crippen molar-refractivity contribution >= 4 is 28.2 Å². The van der Waals surface area contributed by atoms with E-state index in [1.807, 2.05) is 31.2 Å². The first-order chi connectivity index (χ1) is 9.22. The first kappa shape index (κ1) is 12.1. The molecule has 0 unspecified atom stereocenters. The second-order valence-corrected chi connectivity index (χ2v) is 5.00. The molecule has 4 heteroatoms. The van der Waals surface area contributed by atoms with E-state index in [0.29, 0.717) is 0 Å². The number of aryl methyl sites for hydroxylation is 1. The number of anilines is 1. The van der Waals surface area contributed by atoms with Crippen LogP contribution in [0.15, 0.2) is 42.5 Å². The minimum atomic E-state index is 0.761. The van der Waals surface area contributed by atoms with Crippen LogP contribution in [0.3, 0.4) is 0 Å². The molecule has 3 aromatic rings. The van der Waals surface area contributed by atoms with Crippen molar-refractivity contribution in [3.63, 3.8) is 0 Å². The maximum Gasteiger partial charge on any atom is 0.0944 e. The first-order valence-corrected chi connectivity index (χ1v) is 6.53. The van der Waals surface area contributed by atoms with E-state index < -0.39 is 0 Å². The number of H-pyrrole nitrogens is 1. The monoisotopic (exact) mass is 271 g/mol. The van der Waals surface area contributed by atoms with Crippen molar-refractivity contribution in [3.05, 3.63) is 58.7 Å². The third-order valence-corrected chi connectivity index (χ3v) is 3.41. The van der Waals surface area contributed by atoms with Crippen LogP contribution in [0.2, 0.25) is 5.02 Å². The van der Waals surface area contributed by atoms with Crippen LogP contribution in [0, 0.1) is 6.92 Å². The summed E-state index contributed by atoms with van der Waals surface area (Å²) in [6.07, 6.45) is 0. The van der Waals surface area contributed by atoms with Gasteiger partial charge in [0.05, 0.1) is 5.52 Å². The fourth-order valence-electron chi connectivity index (χ4n) is 2.06. The highest BCUT2D eigenvalue weighted by Crippen LogP contribution is 2.20. The fraction of sp³-hybridized carbons (Fsp3) is 0.133. The zero-order valence-corrected chi connectivity index (χ0v) is 11.3. The first-order valence-electron chi connectivity index (χ1n) is 6.15. The summed E-state index contributed by atoms with van der Waals surface area (Å²) in [6.45, 7) is 2.79. The highest BCUT2D eigenvalue weighted by atomic mass is 35.5. The Kier molecular flexibility index (Phi) is 3.13. The summed E-state index contributed by atoms with van der Waals surface area (Å²) >= 11 is 5.86. The number of hydrogen-bond acceptors (Lipinski definition) is 2. The van der Waals surface area contributed by atoms with Crippen LogP contribution in [0.5, 0.6) is 0 Å². The molecule has 2 N–H and O–H groups in total. The number of hydrogen-bond donors (Lipinski definition) is 2. The van der Waals surface area contributed by atoms with Gasteiger partial charge in [-0.3, -0.25) is 5.10 Å². The molecule has 0 spiro atoms. The number of fused-ring (bicyclic) bond motifs is 1. The summed E-state index contributed by atoms with van der Waals surface area (Å²) in [6, 6.07) is 14.0. The minimum Gasteiger partial charge on any atom is -0.381 e. The number of benzene rings is 2. The Morgan fingerprint density at radius 2 is 1.95 bits per heavy atom. The smallest absolute Gasteiger partial charge is 0.0944 e. The summed E-state index contributed by atoms with van der Waals surface area (Å²) in [5, 5.41) is 12.6. The number of halogens is 1. The fourth-order valence-corrected chi connectivity index (χ4v) is 2.19. The molecule has 0 radical (unpaired) electrons. The molecule has 19 heavy (non-hydrogen) atoms. The minimum absolute atomic E-state index is 0.761. The van der Waals surface area contributed by atoms with Crippen LogP contribution in [-0.4, -0.2) is 10.2 Å². The Bertz CT molecular complexity index is 701. The molecular formula is C15H14ClN3.